The standard InChI is InChI=1S/C14H23N3O/c1-4-7-15-9-12-10(2)16-14(17-11(12)3)13-6-5-8-18-13/h13,15H,4-9H2,1-3H3. The van der Waals surface area contributed by atoms with E-state index in [4.69, 9.17) is 4.74 Å². The maximum absolute atomic E-state index is 5.65. The van der Waals surface area contributed by atoms with Gasteiger partial charge < -0.3 is 10.1 Å². The van der Waals surface area contributed by atoms with Gasteiger partial charge in [0.2, 0.25) is 0 Å². The third-order valence-corrected chi connectivity index (χ3v) is 3.38. The lowest BCUT2D eigenvalue weighted by Crippen LogP contribution is -2.18. The van der Waals surface area contributed by atoms with Crippen molar-refractivity contribution in [3.63, 3.8) is 0 Å². The molecule has 0 spiro atoms. The van der Waals surface area contributed by atoms with Crippen molar-refractivity contribution >= 4 is 0 Å². The van der Waals surface area contributed by atoms with Crippen LogP contribution in [0.5, 0.6) is 0 Å². The number of aromatic nitrogens is 2. The van der Waals surface area contributed by atoms with Gasteiger partial charge in [-0.05, 0) is 39.7 Å². The van der Waals surface area contributed by atoms with Crippen molar-refractivity contribution in [2.24, 2.45) is 0 Å². The highest BCUT2D eigenvalue weighted by Gasteiger charge is 2.21. The number of hydrogen-bond donors (Lipinski definition) is 1. The SMILES string of the molecule is CCCNCc1c(C)nc(C2CCCO2)nc1C. The molecule has 1 aromatic heterocycles. The van der Waals surface area contributed by atoms with E-state index in [0.29, 0.717) is 0 Å². The number of nitrogens with zero attached hydrogens (tertiary/aromatic N) is 2. The van der Waals surface area contributed by atoms with Crippen LogP contribution in [0.25, 0.3) is 0 Å². The molecular formula is C14H23N3O. The van der Waals surface area contributed by atoms with E-state index < -0.39 is 0 Å². The summed E-state index contributed by atoms with van der Waals surface area (Å²) in [6, 6.07) is 0. The summed E-state index contributed by atoms with van der Waals surface area (Å²) in [6.07, 6.45) is 3.42. The summed E-state index contributed by atoms with van der Waals surface area (Å²) >= 11 is 0. The Morgan fingerprint density at radius 3 is 2.56 bits per heavy atom. The van der Waals surface area contributed by atoms with E-state index in [2.05, 4.69) is 36.1 Å². The Kier molecular flexibility index (Phi) is 4.66. The van der Waals surface area contributed by atoms with Crippen molar-refractivity contribution in [1.82, 2.24) is 15.3 Å². The van der Waals surface area contributed by atoms with Gasteiger partial charge in [-0.15, -0.1) is 0 Å². The maximum atomic E-state index is 5.65. The van der Waals surface area contributed by atoms with Gasteiger partial charge in [-0.1, -0.05) is 6.92 Å². The molecule has 0 amide bonds. The van der Waals surface area contributed by atoms with Gasteiger partial charge in [0, 0.05) is 30.1 Å². The number of aryl methyl sites for hydroxylation is 2. The van der Waals surface area contributed by atoms with Crippen molar-refractivity contribution in [3.05, 3.63) is 22.8 Å². The first-order valence-corrected chi connectivity index (χ1v) is 6.88. The summed E-state index contributed by atoms with van der Waals surface area (Å²) < 4.78 is 5.65. The summed E-state index contributed by atoms with van der Waals surface area (Å²) in [5.41, 5.74) is 3.39. The van der Waals surface area contributed by atoms with Crippen LogP contribution >= 0.6 is 0 Å². The summed E-state index contributed by atoms with van der Waals surface area (Å²) in [6.45, 7) is 9.03. The van der Waals surface area contributed by atoms with E-state index in [1.807, 2.05) is 0 Å². The van der Waals surface area contributed by atoms with Crippen LogP contribution in [-0.4, -0.2) is 23.1 Å². The molecule has 18 heavy (non-hydrogen) atoms. The number of rotatable bonds is 5. The second kappa shape index (κ2) is 6.25. The molecule has 0 bridgehead atoms. The first-order valence-electron chi connectivity index (χ1n) is 6.88. The lowest BCUT2D eigenvalue weighted by atomic mass is 10.1. The van der Waals surface area contributed by atoms with Gasteiger partial charge in [0.1, 0.15) is 6.10 Å². The smallest absolute Gasteiger partial charge is 0.157 e. The minimum Gasteiger partial charge on any atom is -0.370 e. The lowest BCUT2D eigenvalue weighted by molar-refractivity contribution is 0.104. The number of nitrogens with one attached hydrogen (secondary N) is 1. The van der Waals surface area contributed by atoms with Crippen molar-refractivity contribution in [2.75, 3.05) is 13.2 Å². The Balaban J connectivity index is 2.12. The third kappa shape index (κ3) is 3.06. The van der Waals surface area contributed by atoms with Crippen LogP contribution in [0.4, 0.5) is 0 Å². The Bertz CT molecular complexity index is 377. The van der Waals surface area contributed by atoms with Crippen molar-refractivity contribution in [3.8, 4) is 0 Å². The molecule has 0 radical (unpaired) electrons. The molecule has 0 aliphatic carbocycles. The number of ether oxygens (including phenoxy) is 1. The molecule has 2 rings (SSSR count). The molecule has 0 saturated carbocycles. The van der Waals surface area contributed by atoms with Gasteiger partial charge in [0.15, 0.2) is 5.82 Å². The average molecular weight is 249 g/mol. The van der Waals surface area contributed by atoms with Crippen LogP contribution < -0.4 is 5.32 Å². The molecule has 4 heteroatoms. The van der Waals surface area contributed by atoms with Gasteiger partial charge in [0.05, 0.1) is 0 Å². The first kappa shape index (κ1) is 13.4. The zero-order chi connectivity index (χ0) is 13.0. The predicted molar refractivity (Wildman–Crippen MR) is 71.4 cm³/mol. The molecule has 1 aliphatic heterocycles. The van der Waals surface area contributed by atoms with Gasteiger partial charge in [-0.3, -0.25) is 0 Å². The monoisotopic (exact) mass is 249 g/mol. The molecule has 100 valence electrons. The van der Waals surface area contributed by atoms with Crippen molar-refractivity contribution in [2.45, 2.75) is 52.7 Å². The Hall–Kier alpha value is -1.00. The quantitative estimate of drug-likeness (QED) is 0.814. The Morgan fingerprint density at radius 1 is 1.28 bits per heavy atom. The Labute approximate surface area is 109 Å². The summed E-state index contributed by atoms with van der Waals surface area (Å²) in [7, 11) is 0. The summed E-state index contributed by atoms with van der Waals surface area (Å²) in [4.78, 5) is 9.24. The van der Waals surface area contributed by atoms with Crippen LogP contribution in [0.3, 0.4) is 0 Å². The zero-order valence-electron chi connectivity index (χ0n) is 11.6. The largest absolute Gasteiger partial charge is 0.370 e. The fraction of sp³-hybridized carbons (Fsp3) is 0.714. The van der Waals surface area contributed by atoms with Crippen LogP contribution in [0.15, 0.2) is 0 Å². The second-order valence-corrected chi connectivity index (χ2v) is 4.91. The summed E-state index contributed by atoms with van der Waals surface area (Å²) in [5, 5.41) is 3.41. The van der Waals surface area contributed by atoms with Crippen LogP contribution in [0.2, 0.25) is 0 Å². The molecule has 1 unspecified atom stereocenters. The van der Waals surface area contributed by atoms with E-state index in [1.54, 1.807) is 0 Å². The summed E-state index contributed by atoms with van der Waals surface area (Å²) in [5.74, 6) is 0.863. The fourth-order valence-corrected chi connectivity index (χ4v) is 2.34. The predicted octanol–water partition coefficient (Wildman–Crippen LogP) is 2.44. The molecule has 1 saturated heterocycles. The zero-order valence-corrected chi connectivity index (χ0v) is 11.6. The topological polar surface area (TPSA) is 47.0 Å². The fourth-order valence-electron chi connectivity index (χ4n) is 2.34. The third-order valence-electron chi connectivity index (χ3n) is 3.38. The molecule has 0 aromatic carbocycles. The minimum atomic E-state index is 0.111. The highest BCUT2D eigenvalue weighted by atomic mass is 16.5. The van der Waals surface area contributed by atoms with Gasteiger partial charge in [-0.2, -0.15) is 0 Å². The highest BCUT2D eigenvalue weighted by molar-refractivity contribution is 5.24. The minimum absolute atomic E-state index is 0.111. The van der Waals surface area contributed by atoms with E-state index in [-0.39, 0.29) is 6.10 Å². The van der Waals surface area contributed by atoms with Crippen molar-refractivity contribution in [1.29, 1.82) is 0 Å². The first-order chi connectivity index (χ1) is 8.72. The second-order valence-electron chi connectivity index (χ2n) is 4.91. The Morgan fingerprint density at radius 2 is 2.00 bits per heavy atom. The molecular weight excluding hydrogens is 226 g/mol. The maximum Gasteiger partial charge on any atom is 0.157 e. The lowest BCUT2D eigenvalue weighted by Gasteiger charge is -2.14. The molecule has 1 atom stereocenters. The van der Waals surface area contributed by atoms with E-state index in [0.717, 1.165) is 56.2 Å². The normalized spacial score (nSPS) is 19.4. The molecule has 1 aromatic rings. The van der Waals surface area contributed by atoms with Gasteiger partial charge in [-0.25, -0.2) is 9.97 Å². The van der Waals surface area contributed by atoms with E-state index in [9.17, 15) is 0 Å². The van der Waals surface area contributed by atoms with Crippen molar-refractivity contribution < 1.29 is 4.74 Å². The average Bonchev–Trinajstić information content (AvgIpc) is 2.86. The molecule has 4 nitrogen and oxygen atoms in total. The van der Waals surface area contributed by atoms with Crippen LogP contribution in [0.1, 0.15) is 55.1 Å². The van der Waals surface area contributed by atoms with Crippen LogP contribution in [0, 0.1) is 13.8 Å². The molecule has 1 aliphatic rings. The molecule has 1 fully saturated rings. The van der Waals surface area contributed by atoms with Crippen LogP contribution in [-0.2, 0) is 11.3 Å². The van der Waals surface area contributed by atoms with E-state index in [1.165, 1.54) is 5.56 Å². The number of hydrogen-bond acceptors (Lipinski definition) is 4. The van der Waals surface area contributed by atoms with Gasteiger partial charge in [0.25, 0.3) is 0 Å². The highest BCUT2D eigenvalue weighted by Crippen LogP contribution is 2.26. The van der Waals surface area contributed by atoms with E-state index >= 15 is 0 Å². The molecule has 2 heterocycles. The van der Waals surface area contributed by atoms with Gasteiger partial charge >= 0.3 is 0 Å². The molecule has 1 N–H and O–H groups in total.